The van der Waals surface area contributed by atoms with Crippen LogP contribution in [-0.2, 0) is 19.9 Å². The molecule has 0 bridgehead atoms. The average molecular weight is 237 g/mol. The van der Waals surface area contributed by atoms with E-state index in [-0.39, 0.29) is 12.8 Å². The largest absolute Gasteiger partial charge is 0.467 e. The number of methoxy groups -OCH3 is 1. The summed E-state index contributed by atoms with van der Waals surface area (Å²) in [4.78, 5) is 22.4. The first kappa shape index (κ1) is 13.2. The van der Waals surface area contributed by atoms with E-state index in [9.17, 15) is 14.7 Å². The van der Waals surface area contributed by atoms with Gasteiger partial charge in [-0.15, -0.1) is 0 Å². The van der Waals surface area contributed by atoms with Crippen molar-refractivity contribution in [1.29, 1.82) is 0 Å². The second-order valence-corrected chi connectivity index (χ2v) is 3.68. The third kappa shape index (κ3) is 3.04. The Balaban J connectivity index is 3.02. The number of carbonyl (C=O) groups excluding carboxylic acids is 2. The molecule has 0 aromatic heterocycles. The summed E-state index contributed by atoms with van der Waals surface area (Å²) in [6.07, 6.45) is -0.195. The van der Waals surface area contributed by atoms with Crippen LogP contribution in [0.1, 0.15) is 18.4 Å². The van der Waals surface area contributed by atoms with Crippen molar-refractivity contribution in [2.75, 3.05) is 7.11 Å². The number of benzene rings is 1. The number of rotatable bonds is 5. The first-order chi connectivity index (χ1) is 8.00. The van der Waals surface area contributed by atoms with Gasteiger partial charge in [0.15, 0.2) is 5.60 Å². The van der Waals surface area contributed by atoms with Crippen LogP contribution in [0.25, 0.3) is 0 Å². The van der Waals surface area contributed by atoms with Crippen molar-refractivity contribution in [1.82, 2.24) is 0 Å². The lowest BCUT2D eigenvalue weighted by Crippen LogP contribution is -2.37. The highest BCUT2D eigenvalue weighted by Gasteiger charge is 2.39. The van der Waals surface area contributed by atoms with Gasteiger partial charge in [-0.3, -0.25) is 4.79 Å². The molecule has 1 aromatic carbocycles. The number of primary amides is 1. The monoisotopic (exact) mass is 237 g/mol. The Kier molecular flexibility index (Phi) is 4.23. The highest BCUT2D eigenvalue weighted by atomic mass is 16.5. The molecule has 0 fully saturated rings. The Bertz CT molecular complexity index is 404. The van der Waals surface area contributed by atoms with Gasteiger partial charge in [0, 0.05) is 6.42 Å². The summed E-state index contributed by atoms with van der Waals surface area (Å²) < 4.78 is 4.56. The minimum absolute atomic E-state index is 0.0967. The number of carbonyl (C=O) groups is 2. The molecule has 3 N–H and O–H groups in total. The van der Waals surface area contributed by atoms with Crippen LogP contribution in [0.2, 0.25) is 0 Å². The number of hydrogen-bond acceptors (Lipinski definition) is 4. The van der Waals surface area contributed by atoms with Crippen molar-refractivity contribution in [2.45, 2.75) is 18.4 Å². The van der Waals surface area contributed by atoms with Crippen molar-refractivity contribution in [3.8, 4) is 0 Å². The van der Waals surface area contributed by atoms with Crippen molar-refractivity contribution in [3.05, 3.63) is 35.9 Å². The zero-order chi connectivity index (χ0) is 12.9. The van der Waals surface area contributed by atoms with Crippen molar-refractivity contribution in [2.24, 2.45) is 5.73 Å². The zero-order valence-electron chi connectivity index (χ0n) is 9.55. The molecule has 1 unspecified atom stereocenters. The number of nitrogens with two attached hydrogens (primary N) is 1. The lowest BCUT2D eigenvalue weighted by molar-refractivity contribution is -0.164. The summed E-state index contributed by atoms with van der Waals surface area (Å²) in [7, 11) is 1.18. The topological polar surface area (TPSA) is 89.6 Å². The summed E-state index contributed by atoms with van der Waals surface area (Å²) in [6.45, 7) is 0. The van der Waals surface area contributed by atoms with Crippen LogP contribution in [0.4, 0.5) is 0 Å². The third-order valence-electron chi connectivity index (χ3n) is 2.51. The van der Waals surface area contributed by atoms with Gasteiger partial charge in [-0.1, -0.05) is 30.3 Å². The molecule has 5 nitrogen and oxygen atoms in total. The number of ether oxygens (including phenoxy) is 1. The Labute approximate surface area is 99.2 Å². The molecular formula is C12H15NO4. The van der Waals surface area contributed by atoms with Crippen LogP contribution in [0.5, 0.6) is 0 Å². The van der Waals surface area contributed by atoms with Crippen LogP contribution in [0.15, 0.2) is 30.3 Å². The maximum Gasteiger partial charge on any atom is 0.342 e. The molecular weight excluding hydrogens is 222 g/mol. The number of aliphatic hydroxyl groups is 1. The molecule has 0 aliphatic carbocycles. The molecule has 0 spiro atoms. The molecule has 1 aromatic rings. The maximum atomic E-state index is 11.6. The minimum Gasteiger partial charge on any atom is -0.467 e. The Morgan fingerprint density at radius 1 is 1.35 bits per heavy atom. The summed E-state index contributed by atoms with van der Waals surface area (Å²) in [5.74, 6) is -1.38. The molecule has 0 heterocycles. The Hall–Kier alpha value is -1.88. The van der Waals surface area contributed by atoms with E-state index in [1.54, 1.807) is 30.3 Å². The van der Waals surface area contributed by atoms with Crippen LogP contribution < -0.4 is 5.73 Å². The molecule has 1 amide bonds. The summed E-state index contributed by atoms with van der Waals surface area (Å²) in [6, 6.07) is 8.33. The van der Waals surface area contributed by atoms with Gasteiger partial charge in [0.2, 0.25) is 5.91 Å². The van der Waals surface area contributed by atoms with Gasteiger partial charge >= 0.3 is 5.97 Å². The standard InChI is InChI=1S/C12H15NO4/c1-17-11(15)12(16,8-7-10(13)14)9-5-3-2-4-6-9/h2-6,16H,7-8H2,1H3,(H2,13,14). The van der Waals surface area contributed by atoms with Crippen LogP contribution >= 0.6 is 0 Å². The maximum absolute atomic E-state index is 11.6. The van der Waals surface area contributed by atoms with Gasteiger partial charge in [0.25, 0.3) is 0 Å². The lowest BCUT2D eigenvalue weighted by atomic mass is 9.89. The number of amides is 1. The van der Waals surface area contributed by atoms with E-state index in [4.69, 9.17) is 5.73 Å². The highest BCUT2D eigenvalue weighted by Crippen LogP contribution is 2.27. The first-order valence-electron chi connectivity index (χ1n) is 5.15. The molecule has 0 saturated carbocycles. The van der Waals surface area contributed by atoms with E-state index in [1.165, 1.54) is 7.11 Å². The molecule has 17 heavy (non-hydrogen) atoms. The fraction of sp³-hybridized carbons (Fsp3) is 0.333. The quantitative estimate of drug-likeness (QED) is 0.721. The second-order valence-electron chi connectivity index (χ2n) is 3.68. The van der Waals surface area contributed by atoms with Crippen LogP contribution in [0.3, 0.4) is 0 Å². The fourth-order valence-electron chi connectivity index (χ4n) is 1.55. The van der Waals surface area contributed by atoms with Gasteiger partial charge in [-0.2, -0.15) is 0 Å². The molecule has 0 saturated heterocycles. The minimum atomic E-state index is -1.83. The van der Waals surface area contributed by atoms with E-state index < -0.39 is 17.5 Å². The number of esters is 1. The second kappa shape index (κ2) is 5.45. The Morgan fingerprint density at radius 3 is 2.41 bits per heavy atom. The fourth-order valence-corrected chi connectivity index (χ4v) is 1.55. The predicted octanol–water partition coefficient (Wildman–Crippen LogP) is 0.313. The van der Waals surface area contributed by atoms with Crippen molar-refractivity contribution in [3.63, 3.8) is 0 Å². The van der Waals surface area contributed by atoms with E-state index in [2.05, 4.69) is 4.74 Å². The third-order valence-corrected chi connectivity index (χ3v) is 2.51. The van der Waals surface area contributed by atoms with E-state index in [0.717, 1.165) is 0 Å². The van der Waals surface area contributed by atoms with Gasteiger partial charge < -0.3 is 15.6 Å². The van der Waals surface area contributed by atoms with Gasteiger partial charge in [0.05, 0.1) is 7.11 Å². The van der Waals surface area contributed by atoms with Crippen molar-refractivity contribution < 1.29 is 19.4 Å². The molecule has 5 heteroatoms. The molecule has 0 aliphatic rings. The summed E-state index contributed by atoms with van der Waals surface area (Å²) in [5, 5.41) is 10.3. The molecule has 1 rings (SSSR count). The number of hydrogen-bond donors (Lipinski definition) is 2. The summed E-state index contributed by atoms with van der Waals surface area (Å²) >= 11 is 0. The van der Waals surface area contributed by atoms with Crippen molar-refractivity contribution >= 4 is 11.9 Å². The van der Waals surface area contributed by atoms with Crippen LogP contribution in [0, 0.1) is 0 Å². The average Bonchev–Trinajstić information content (AvgIpc) is 2.36. The SMILES string of the molecule is COC(=O)C(O)(CCC(N)=O)c1ccccc1. The molecule has 1 atom stereocenters. The van der Waals surface area contributed by atoms with E-state index in [0.29, 0.717) is 5.56 Å². The molecule has 0 radical (unpaired) electrons. The zero-order valence-corrected chi connectivity index (χ0v) is 9.55. The molecule has 92 valence electrons. The van der Waals surface area contributed by atoms with Gasteiger partial charge in [-0.25, -0.2) is 4.79 Å². The van der Waals surface area contributed by atoms with Gasteiger partial charge in [0.1, 0.15) is 0 Å². The summed E-state index contributed by atoms with van der Waals surface area (Å²) in [5.41, 5.74) is 3.57. The predicted molar refractivity (Wildman–Crippen MR) is 60.8 cm³/mol. The van der Waals surface area contributed by atoms with Crippen LogP contribution in [-0.4, -0.2) is 24.1 Å². The smallest absolute Gasteiger partial charge is 0.342 e. The lowest BCUT2D eigenvalue weighted by Gasteiger charge is -2.25. The van der Waals surface area contributed by atoms with E-state index in [1.807, 2.05) is 0 Å². The normalized spacial score (nSPS) is 13.8. The van der Waals surface area contributed by atoms with Gasteiger partial charge in [-0.05, 0) is 12.0 Å². The first-order valence-corrected chi connectivity index (χ1v) is 5.15. The molecule has 0 aliphatic heterocycles. The highest BCUT2D eigenvalue weighted by molar-refractivity contribution is 5.82. The Morgan fingerprint density at radius 2 is 1.94 bits per heavy atom. The van der Waals surface area contributed by atoms with E-state index >= 15 is 0 Å².